The second-order valence-electron chi connectivity index (χ2n) is 4.81. The van der Waals surface area contributed by atoms with Crippen molar-refractivity contribution in [1.29, 1.82) is 0 Å². The molecule has 0 radical (unpaired) electrons. The number of rotatable bonds is 2. The first-order chi connectivity index (χ1) is 9.25. The van der Waals surface area contributed by atoms with Crippen molar-refractivity contribution in [2.45, 2.75) is 30.6 Å². The molecule has 0 heterocycles. The van der Waals surface area contributed by atoms with E-state index in [1.54, 1.807) is 26.8 Å². The topological polar surface area (TPSA) is 74.6 Å². The van der Waals surface area contributed by atoms with E-state index in [-0.39, 0.29) is 21.3 Å². The highest BCUT2D eigenvalue weighted by Gasteiger charge is 2.25. The van der Waals surface area contributed by atoms with E-state index >= 15 is 0 Å². The zero-order valence-corrected chi connectivity index (χ0v) is 12.3. The summed E-state index contributed by atoms with van der Waals surface area (Å²) in [6, 6.07) is 7.18. The molecule has 106 valence electrons. The van der Waals surface area contributed by atoms with Crippen LogP contribution < -0.4 is 0 Å². The molecule has 0 aromatic heterocycles. The van der Waals surface area contributed by atoms with Crippen LogP contribution in [-0.4, -0.2) is 18.6 Å². The monoisotopic (exact) mass is 292 g/mol. The minimum absolute atomic E-state index is 0.0193. The van der Waals surface area contributed by atoms with Crippen LogP contribution in [0.3, 0.4) is 0 Å². The Morgan fingerprint density at radius 1 is 0.900 bits per heavy atom. The molecule has 4 nitrogen and oxygen atoms in total. The first kappa shape index (κ1) is 14.4. The van der Waals surface area contributed by atoms with Gasteiger partial charge in [-0.25, -0.2) is 8.42 Å². The van der Waals surface area contributed by atoms with Gasteiger partial charge < -0.3 is 10.2 Å². The molecule has 0 aliphatic rings. The van der Waals surface area contributed by atoms with Crippen LogP contribution in [0.5, 0.6) is 11.5 Å². The Hall–Kier alpha value is -2.01. The standard InChI is InChI=1S/C15H16O4S/c1-9-4-6-13(17)11(3)15(9)20(18,19)14-7-5-12(16)8-10(14)2/h4-8,16-17H,1-3H3. The van der Waals surface area contributed by atoms with Crippen LogP contribution >= 0.6 is 0 Å². The first-order valence-corrected chi connectivity index (χ1v) is 7.57. The molecule has 0 spiro atoms. The number of sulfone groups is 1. The maximum absolute atomic E-state index is 12.8. The molecule has 0 unspecified atom stereocenters. The summed E-state index contributed by atoms with van der Waals surface area (Å²) in [5.74, 6) is -0.0311. The summed E-state index contributed by atoms with van der Waals surface area (Å²) in [5, 5.41) is 19.1. The number of aromatic hydroxyl groups is 2. The van der Waals surface area contributed by atoms with Gasteiger partial charge in [-0.05, 0) is 56.2 Å². The Morgan fingerprint density at radius 3 is 2.15 bits per heavy atom. The average molecular weight is 292 g/mol. The molecule has 0 aliphatic carbocycles. The molecule has 0 aliphatic heterocycles. The van der Waals surface area contributed by atoms with Gasteiger partial charge in [-0.2, -0.15) is 0 Å². The van der Waals surface area contributed by atoms with E-state index in [0.29, 0.717) is 16.7 Å². The highest BCUT2D eigenvalue weighted by molar-refractivity contribution is 7.91. The van der Waals surface area contributed by atoms with Crippen molar-refractivity contribution in [2.24, 2.45) is 0 Å². The Morgan fingerprint density at radius 2 is 1.55 bits per heavy atom. The largest absolute Gasteiger partial charge is 0.508 e. The third kappa shape index (κ3) is 2.25. The van der Waals surface area contributed by atoms with Gasteiger partial charge in [0.2, 0.25) is 9.84 Å². The van der Waals surface area contributed by atoms with E-state index in [4.69, 9.17) is 0 Å². The average Bonchev–Trinajstić information content (AvgIpc) is 2.33. The van der Waals surface area contributed by atoms with E-state index in [1.807, 2.05) is 0 Å². The van der Waals surface area contributed by atoms with Crippen molar-refractivity contribution >= 4 is 9.84 Å². The van der Waals surface area contributed by atoms with Gasteiger partial charge >= 0.3 is 0 Å². The van der Waals surface area contributed by atoms with Gasteiger partial charge in [0.05, 0.1) is 9.79 Å². The molecule has 0 fully saturated rings. The van der Waals surface area contributed by atoms with Gasteiger partial charge in [-0.15, -0.1) is 0 Å². The molecular weight excluding hydrogens is 276 g/mol. The highest BCUT2D eigenvalue weighted by Crippen LogP contribution is 2.33. The summed E-state index contributed by atoms with van der Waals surface area (Å²) >= 11 is 0. The molecule has 20 heavy (non-hydrogen) atoms. The SMILES string of the molecule is Cc1cc(O)ccc1S(=O)(=O)c1c(C)ccc(O)c1C. The number of benzene rings is 2. The summed E-state index contributed by atoms with van der Waals surface area (Å²) in [6.07, 6.45) is 0. The smallest absolute Gasteiger partial charge is 0.207 e. The Labute approximate surface area is 118 Å². The summed E-state index contributed by atoms with van der Waals surface area (Å²) < 4.78 is 25.5. The van der Waals surface area contributed by atoms with Gasteiger partial charge in [0, 0.05) is 5.56 Å². The Kier molecular flexibility index (Phi) is 3.48. The lowest BCUT2D eigenvalue weighted by molar-refractivity contribution is 0.467. The Balaban J connectivity index is 2.77. The van der Waals surface area contributed by atoms with Crippen LogP contribution in [0.25, 0.3) is 0 Å². The van der Waals surface area contributed by atoms with Gasteiger partial charge in [0.25, 0.3) is 0 Å². The van der Waals surface area contributed by atoms with Crippen molar-refractivity contribution in [1.82, 2.24) is 0 Å². The number of hydrogen-bond acceptors (Lipinski definition) is 4. The van der Waals surface area contributed by atoms with Crippen molar-refractivity contribution in [2.75, 3.05) is 0 Å². The molecule has 0 amide bonds. The van der Waals surface area contributed by atoms with Crippen LogP contribution in [0.4, 0.5) is 0 Å². The predicted octanol–water partition coefficient (Wildman–Crippen LogP) is 2.86. The lowest BCUT2D eigenvalue weighted by atomic mass is 10.1. The lowest BCUT2D eigenvalue weighted by Gasteiger charge is -2.14. The second-order valence-corrected chi connectivity index (χ2v) is 6.66. The number of aryl methyl sites for hydroxylation is 2. The molecular formula is C15H16O4S. The predicted molar refractivity (Wildman–Crippen MR) is 75.9 cm³/mol. The van der Waals surface area contributed by atoms with Crippen LogP contribution in [0.1, 0.15) is 16.7 Å². The van der Waals surface area contributed by atoms with E-state index in [0.717, 1.165) is 0 Å². The summed E-state index contributed by atoms with van der Waals surface area (Å²) in [6.45, 7) is 4.89. The van der Waals surface area contributed by atoms with Crippen LogP contribution in [-0.2, 0) is 9.84 Å². The minimum atomic E-state index is -3.74. The van der Waals surface area contributed by atoms with Gasteiger partial charge in [-0.3, -0.25) is 0 Å². The van der Waals surface area contributed by atoms with Crippen molar-refractivity contribution in [3.63, 3.8) is 0 Å². The summed E-state index contributed by atoms with van der Waals surface area (Å²) in [5.41, 5.74) is 1.37. The van der Waals surface area contributed by atoms with Crippen LogP contribution in [0.15, 0.2) is 40.1 Å². The van der Waals surface area contributed by atoms with E-state index in [1.165, 1.54) is 24.3 Å². The molecule has 0 bridgehead atoms. The summed E-state index contributed by atoms with van der Waals surface area (Å²) in [4.78, 5) is 0.249. The third-order valence-corrected chi connectivity index (χ3v) is 5.49. The van der Waals surface area contributed by atoms with Gasteiger partial charge in [0.1, 0.15) is 11.5 Å². The second kappa shape index (κ2) is 4.83. The quantitative estimate of drug-likeness (QED) is 0.892. The van der Waals surface area contributed by atoms with Crippen molar-refractivity contribution < 1.29 is 18.6 Å². The maximum Gasteiger partial charge on any atom is 0.207 e. The molecule has 2 aromatic carbocycles. The molecule has 2 aromatic rings. The maximum atomic E-state index is 12.8. The van der Waals surface area contributed by atoms with E-state index in [2.05, 4.69) is 0 Å². The van der Waals surface area contributed by atoms with Crippen molar-refractivity contribution in [3.05, 3.63) is 47.0 Å². The fourth-order valence-corrected chi connectivity index (χ4v) is 4.22. The van der Waals surface area contributed by atoms with Gasteiger partial charge in [-0.1, -0.05) is 6.07 Å². The van der Waals surface area contributed by atoms with E-state index < -0.39 is 9.84 Å². The fourth-order valence-electron chi connectivity index (χ4n) is 2.28. The van der Waals surface area contributed by atoms with Crippen LogP contribution in [0.2, 0.25) is 0 Å². The van der Waals surface area contributed by atoms with E-state index in [9.17, 15) is 18.6 Å². The molecule has 0 saturated carbocycles. The molecule has 2 N–H and O–H groups in total. The molecule has 0 saturated heterocycles. The minimum Gasteiger partial charge on any atom is -0.508 e. The zero-order chi connectivity index (χ0) is 15.1. The zero-order valence-electron chi connectivity index (χ0n) is 11.5. The summed E-state index contributed by atoms with van der Waals surface area (Å²) in [7, 11) is -3.74. The first-order valence-electron chi connectivity index (χ1n) is 6.09. The lowest BCUT2D eigenvalue weighted by Crippen LogP contribution is -2.08. The Bertz CT molecular complexity index is 777. The fraction of sp³-hybridized carbons (Fsp3) is 0.200. The van der Waals surface area contributed by atoms with Crippen molar-refractivity contribution in [3.8, 4) is 11.5 Å². The molecule has 2 rings (SSSR count). The number of hydrogen-bond donors (Lipinski definition) is 2. The molecule has 0 atom stereocenters. The highest BCUT2D eigenvalue weighted by atomic mass is 32.2. The van der Waals surface area contributed by atoms with Gasteiger partial charge in [0.15, 0.2) is 0 Å². The third-order valence-electron chi connectivity index (χ3n) is 3.29. The van der Waals surface area contributed by atoms with Crippen LogP contribution in [0, 0.1) is 20.8 Å². The number of phenolic OH excluding ortho intramolecular Hbond substituents is 2. The molecule has 5 heteroatoms. The number of phenols is 2. The normalized spacial score (nSPS) is 11.6.